The average Bonchev–Trinajstić information content (AvgIpc) is 3.27. The molecule has 0 aliphatic heterocycles. The summed E-state index contributed by atoms with van der Waals surface area (Å²) in [6.45, 7) is 1.95. The van der Waals surface area contributed by atoms with Crippen molar-refractivity contribution in [3.8, 4) is 0 Å². The molecule has 9 heteroatoms. The summed E-state index contributed by atoms with van der Waals surface area (Å²) < 4.78 is 7.57. The van der Waals surface area contributed by atoms with Gasteiger partial charge in [0.05, 0.1) is 12.6 Å². The highest BCUT2D eigenvalue weighted by Crippen LogP contribution is 2.18. The van der Waals surface area contributed by atoms with Crippen molar-refractivity contribution in [1.82, 2.24) is 24.8 Å². The molecule has 0 saturated heterocycles. The fourth-order valence-corrected chi connectivity index (χ4v) is 3.10. The van der Waals surface area contributed by atoms with Crippen molar-refractivity contribution < 1.29 is 14.0 Å². The standard InChI is InChI=1S/C18H20BrN5O3/c1-3-6-12(17-22-21-15-7-4-5-10-24(15)17)20-16(25)11-23(2)18(26)13-8-9-14(19)27-13/h4-5,7-10,12H,3,6,11H2,1-2H3,(H,20,25). The van der Waals surface area contributed by atoms with Crippen LogP contribution in [0.25, 0.3) is 5.65 Å². The Hall–Kier alpha value is -2.68. The van der Waals surface area contributed by atoms with Crippen LogP contribution in [-0.4, -0.2) is 44.9 Å². The highest BCUT2D eigenvalue weighted by atomic mass is 79.9. The summed E-state index contributed by atoms with van der Waals surface area (Å²) in [6.07, 6.45) is 3.44. The molecule has 0 saturated carbocycles. The summed E-state index contributed by atoms with van der Waals surface area (Å²) >= 11 is 3.16. The first-order valence-corrected chi connectivity index (χ1v) is 9.38. The summed E-state index contributed by atoms with van der Waals surface area (Å²) in [5.74, 6) is 0.203. The Bertz CT molecular complexity index is 951. The number of pyridine rings is 1. The van der Waals surface area contributed by atoms with Crippen molar-refractivity contribution in [3.63, 3.8) is 0 Å². The van der Waals surface area contributed by atoms with Gasteiger partial charge in [0, 0.05) is 13.2 Å². The first-order chi connectivity index (χ1) is 13.0. The highest BCUT2D eigenvalue weighted by molar-refractivity contribution is 9.10. The van der Waals surface area contributed by atoms with Crippen LogP contribution in [-0.2, 0) is 4.79 Å². The van der Waals surface area contributed by atoms with Gasteiger partial charge in [0.15, 0.2) is 21.9 Å². The lowest BCUT2D eigenvalue weighted by Crippen LogP contribution is -2.40. The van der Waals surface area contributed by atoms with Crippen molar-refractivity contribution in [2.24, 2.45) is 0 Å². The fourth-order valence-electron chi connectivity index (χ4n) is 2.80. The van der Waals surface area contributed by atoms with Gasteiger partial charge in [-0.15, -0.1) is 10.2 Å². The largest absolute Gasteiger partial charge is 0.444 e. The minimum Gasteiger partial charge on any atom is -0.444 e. The number of aromatic nitrogens is 3. The van der Waals surface area contributed by atoms with E-state index in [-0.39, 0.29) is 30.2 Å². The van der Waals surface area contributed by atoms with E-state index in [4.69, 9.17) is 4.42 Å². The van der Waals surface area contributed by atoms with Gasteiger partial charge in [-0.1, -0.05) is 19.4 Å². The molecule has 27 heavy (non-hydrogen) atoms. The van der Waals surface area contributed by atoms with Crippen LogP contribution < -0.4 is 5.32 Å². The van der Waals surface area contributed by atoms with Crippen LogP contribution in [0, 0.1) is 0 Å². The van der Waals surface area contributed by atoms with Gasteiger partial charge in [0.25, 0.3) is 5.91 Å². The number of carbonyl (C=O) groups is 2. The normalized spacial score (nSPS) is 12.1. The number of halogens is 1. The van der Waals surface area contributed by atoms with Crippen molar-refractivity contribution in [1.29, 1.82) is 0 Å². The molecule has 8 nitrogen and oxygen atoms in total. The number of fused-ring (bicyclic) bond motifs is 1. The van der Waals surface area contributed by atoms with Crippen LogP contribution >= 0.6 is 15.9 Å². The molecule has 0 radical (unpaired) electrons. The molecule has 3 aromatic heterocycles. The maximum atomic E-state index is 12.5. The second kappa shape index (κ2) is 8.34. The third kappa shape index (κ3) is 4.36. The lowest BCUT2D eigenvalue weighted by atomic mass is 10.1. The van der Waals surface area contributed by atoms with Crippen molar-refractivity contribution in [3.05, 3.63) is 52.8 Å². The molecule has 0 bridgehead atoms. The van der Waals surface area contributed by atoms with Crippen LogP contribution in [0.4, 0.5) is 0 Å². The molecule has 142 valence electrons. The summed E-state index contributed by atoms with van der Waals surface area (Å²) in [5, 5.41) is 11.3. The van der Waals surface area contributed by atoms with Crippen LogP contribution in [0.2, 0.25) is 0 Å². The number of rotatable bonds is 7. The second-order valence-corrected chi connectivity index (χ2v) is 6.94. The Morgan fingerprint density at radius 2 is 2.11 bits per heavy atom. The van der Waals surface area contributed by atoms with E-state index in [9.17, 15) is 9.59 Å². The lowest BCUT2D eigenvalue weighted by Gasteiger charge is -2.20. The molecule has 2 amide bonds. The number of nitrogens with zero attached hydrogens (tertiary/aromatic N) is 4. The number of furan rings is 1. The molecule has 3 heterocycles. The van der Waals surface area contributed by atoms with E-state index in [1.807, 2.05) is 35.7 Å². The average molecular weight is 434 g/mol. The second-order valence-electron chi connectivity index (χ2n) is 6.16. The van der Waals surface area contributed by atoms with E-state index in [0.29, 0.717) is 16.9 Å². The van der Waals surface area contributed by atoms with E-state index >= 15 is 0 Å². The minimum absolute atomic E-state index is 0.0892. The van der Waals surface area contributed by atoms with E-state index in [1.54, 1.807) is 19.2 Å². The molecule has 0 aliphatic carbocycles. The van der Waals surface area contributed by atoms with Gasteiger partial charge in [0.2, 0.25) is 5.91 Å². The van der Waals surface area contributed by atoms with Gasteiger partial charge in [0.1, 0.15) is 0 Å². The zero-order valence-electron chi connectivity index (χ0n) is 15.1. The minimum atomic E-state index is -0.365. The molecule has 1 atom stereocenters. The molecule has 0 aliphatic rings. The molecule has 1 N–H and O–H groups in total. The van der Waals surface area contributed by atoms with Gasteiger partial charge < -0.3 is 14.6 Å². The third-order valence-corrected chi connectivity index (χ3v) is 4.50. The maximum absolute atomic E-state index is 12.5. The molecule has 1 unspecified atom stereocenters. The molecule has 0 aromatic carbocycles. The van der Waals surface area contributed by atoms with Gasteiger partial charge in [-0.3, -0.25) is 14.0 Å². The van der Waals surface area contributed by atoms with E-state index < -0.39 is 0 Å². The summed E-state index contributed by atoms with van der Waals surface area (Å²) in [7, 11) is 1.56. The summed E-state index contributed by atoms with van der Waals surface area (Å²) in [5.41, 5.74) is 0.721. The van der Waals surface area contributed by atoms with E-state index in [0.717, 1.165) is 12.1 Å². The predicted octanol–water partition coefficient (Wildman–Crippen LogP) is 2.81. The Morgan fingerprint density at radius 1 is 1.30 bits per heavy atom. The number of nitrogens with one attached hydrogen (secondary N) is 1. The van der Waals surface area contributed by atoms with Crippen LogP contribution in [0.15, 0.2) is 45.6 Å². The predicted molar refractivity (Wildman–Crippen MR) is 102 cm³/mol. The SMILES string of the molecule is CCCC(NC(=O)CN(C)C(=O)c1ccc(Br)o1)c1nnc2ccccn12. The Kier molecular flexibility index (Phi) is 5.90. The Balaban J connectivity index is 1.69. The zero-order chi connectivity index (χ0) is 19.4. The number of likely N-dealkylation sites (N-methyl/N-ethyl adjacent to an activating group) is 1. The van der Waals surface area contributed by atoms with Crippen molar-refractivity contribution in [2.45, 2.75) is 25.8 Å². The third-order valence-electron chi connectivity index (χ3n) is 4.08. The smallest absolute Gasteiger partial charge is 0.289 e. The fraction of sp³-hybridized carbons (Fsp3) is 0.333. The van der Waals surface area contributed by atoms with Crippen LogP contribution in [0.1, 0.15) is 42.2 Å². The van der Waals surface area contributed by atoms with E-state index in [1.165, 1.54) is 4.90 Å². The van der Waals surface area contributed by atoms with E-state index in [2.05, 4.69) is 31.4 Å². The topological polar surface area (TPSA) is 92.7 Å². The molecular formula is C18H20BrN5O3. The van der Waals surface area contributed by atoms with Gasteiger partial charge >= 0.3 is 0 Å². The highest BCUT2D eigenvalue weighted by Gasteiger charge is 2.22. The van der Waals surface area contributed by atoms with Gasteiger partial charge in [-0.25, -0.2) is 0 Å². The number of amides is 2. The molecule has 3 rings (SSSR count). The lowest BCUT2D eigenvalue weighted by molar-refractivity contribution is -0.122. The monoisotopic (exact) mass is 433 g/mol. The van der Waals surface area contributed by atoms with Crippen molar-refractivity contribution >= 4 is 33.4 Å². The van der Waals surface area contributed by atoms with Gasteiger partial charge in [-0.2, -0.15) is 0 Å². The number of hydrogen-bond donors (Lipinski definition) is 1. The molecular weight excluding hydrogens is 414 g/mol. The van der Waals surface area contributed by atoms with Crippen LogP contribution in [0.5, 0.6) is 0 Å². The molecule has 3 aromatic rings. The Labute approximate surface area is 164 Å². The maximum Gasteiger partial charge on any atom is 0.289 e. The molecule has 0 fully saturated rings. The summed E-state index contributed by atoms with van der Waals surface area (Å²) in [4.78, 5) is 26.1. The van der Waals surface area contributed by atoms with Gasteiger partial charge in [-0.05, 0) is 46.6 Å². The summed E-state index contributed by atoms with van der Waals surface area (Å²) in [6, 6.07) is 8.53. The molecule has 0 spiro atoms. The first-order valence-electron chi connectivity index (χ1n) is 8.59. The quantitative estimate of drug-likeness (QED) is 0.618. The zero-order valence-corrected chi connectivity index (χ0v) is 16.6. The first kappa shape index (κ1) is 19.1. The van der Waals surface area contributed by atoms with Crippen LogP contribution in [0.3, 0.4) is 0 Å². The number of carbonyl (C=O) groups excluding carboxylic acids is 2. The number of hydrogen-bond acceptors (Lipinski definition) is 5. The van der Waals surface area contributed by atoms with Crippen molar-refractivity contribution in [2.75, 3.05) is 13.6 Å². The Morgan fingerprint density at radius 3 is 2.81 bits per heavy atom.